The van der Waals surface area contributed by atoms with Crippen LogP contribution in [0.5, 0.6) is 0 Å². The molecule has 0 saturated carbocycles. The van der Waals surface area contributed by atoms with E-state index in [2.05, 4.69) is 9.97 Å². The maximum atomic E-state index is 13.7. The number of nitrogens with one attached hydrogen (secondary N) is 1. The number of H-pyrrole nitrogens is 1. The second-order valence-corrected chi connectivity index (χ2v) is 4.03. The molecule has 1 N–H and O–H groups in total. The maximum absolute atomic E-state index is 13.7. The summed E-state index contributed by atoms with van der Waals surface area (Å²) in [7, 11) is 0. The van der Waals surface area contributed by atoms with Gasteiger partial charge in [-0.2, -0.15) is 0 Å². The Kier molecular flexibility index (Phi) is 3.22. The van der Waals surface area contributed by atoms with E-state index >= 15 is 0 Å². The number of aryl methyl sites for hydroxylation is 1. The number of aromatic amines is 1. The first-order valence-electron chi connectivity index (χ1n) is 5.59. The van der Waals surface area contributed by atoms with Crippen molar-refractivity contribution in [2.24, 2.45) is 0 Å². The van der Waals surface area contributed by atoms with Crippen molar-refractivity contribution in [3.05, 3.63) is 53.1 Å². The molecule has 90 valence electrons. The molecule has 0 amide bonds. The van der Waals surface area contributed by atoms with Crippen LogP contribution in [0.25, 0.3) is 0 Å². The summed E-state index contributed by atoms with van der Waals surface area (Å²) in [4.78, 5) is 7.16. The molecule has 1 aromatic carbocycles. The molecule has 0 aliphatic rings. The molecule has 2 rings (SSSR count). The topological polar surface area (TPSA) is 28.7 Å². The van der Waals surface area contributed by atoms with Crippen molar-refractivity contribution in [3.8, 4) is 0 Å². The largest absolute Gasteiger partial charge is 0.346 e. The van der Waals surface area contributed by atoms with Gasteiger partial charge < -0.3 is 4.98 Å². The van der Waals surface area contributed by atoms with E-state index in [0.29, 0.717) is 12.0 Å². The zero-order valence-electron chi connectivity index (χ0n) is 9.80. The smallest absolute Gasteiger partial charge is 0.162 e. The standard InChI is InChI=1S/C13H14F2N2/c1-3-9(12-7-16-8(2)17-12)10-5-4-6-11(14)13(10)15/h4-7,9H,3H2,1-2H3,(H,16,17). The minimum atomic E-state index is -0.808. The number of hydrogen-bond acceptors (Lipinski definition) is 1. The average molecular weight is 236 g/mol. The van der Waals surface area contributed by atoms with E-state index in [0.717, 1.165) is 17.6 Å². The fourth-order valence-electron chi connectivity index (χ4n) is 2.01. The molecule has 0 fully saturated rings. The summed E-state index contributed by atoms with van der Waals surface area (Å²) in [5.41, 5.74) is 1.19. The van der Waals surface area contributed by atoms with Gasteiger partial charge in [-0.15, -0.1) is 0 Å². The van der Waals surface area contributed by atoms with Crippen molar-refractivity contribution < 1.29 is 8.78 Å². The summed E-state index contributed by atoms with van der Waals surface area (Å²) in [5.74, 6) is -0.994. The minimum Gasteiger partial charge on any atom is -0.346 e. The lowest BCUT2D eigenvalue weighted by molar-refractivity contribution is 0.491. The summed E-state index contributed by atoms with van der Waals surface area (Å²) in [6.45, 7) is 3.77. The van der Waals surface area contributed by atoms with Crippen molar-refractivity contribution in [1.82, 2.24) is 9.97 Å². The van der Waals surface area contributed by atoms with Gasteiger partial charge in [-0.25, -0.2) is 13.8 Å². The third-order valence-corrected chi connectivity index (χ3v) is 2.86. The number of benzene rings is 1. The second-order valence-electron chi connectivity index (χ2n) is 4.03. The third-order valence-electron chi connectivity index (χ3n) is 2.86. The van der Waals surface area contributed by atoms with Gasteiger partial charge in [0.05, 0.1) is 0 Å². The lowest BCUT2D eigenvalue weighted by Gasteiger charge is -2.14. The fourth-order valence-corrected chi connectivity index (χ4v) is 2.01. The lowest BCUT2D eigenvalue weighted by atomic mass is 9.93. The van der Waals surface area contributed by atoms with E-state index in [-0.39, 0.29) is 5.92 Å². The molecule has 1 heterocycles. The molecule has 1 aromatic heterocycles. The Hall–Kier alpha value is -1.71. The van der Waals surface area contributed by atoms with Crippen molar-refractivity contribution in [2.75, 3.05) is 0 Å². The molecule has 0 aliphatic heterocycles. The highest BCUT2D eigenvalue weighted by Gasteiger charge is 2.19. The molecule has 0 radical (unpaired) electrons. The quantitative estimate of drug-likeness (QED) is 0.867. The molecule has 2 nitrogen and oxygen atoms in total. The van der Waals surface area contributed by atoms with Crippen LogP contribution in [0.2, 0.25) is 0 Å². The number of hydrogen-bond donors (Lipinski definition) is 1. The Balaban J connectivity index is 2.45. The Morgan fingerprint density at radius 3 is 2.71 bits per heavy atom. The minimum absolute atomic E-state index is 0.188. The molecular weight excluding hydrogens is 222 g/mol. The van der Waals surface area contributed by atoms with E-state index in [1.165, 1.54) is 6.07 Å². The van der Waals surface area contributed by atoms with Crippen LogP contribution in [0.15, 0.2) is 24.4 Å². The van der Waals surface area contributed by atoms with Crippen LogP contribution in [-0.4, -0.2) is 9.97 Å². The summed E-state index contributed by atoms with van der Waals surface area (Å²) in [5, 5.41) is 0. The van der Waals surface area contributed by atoms with Gasteiger partial charge in [0.15, 0.2) is 11.6 Å². The average Bonchev–Trinajstić information content (AvgIpc) is 2.72. The molecule has 0 bridgehead atoms. The van der Waals surface area contributed by atoms with Gasteiger partial charge in [-0.3, -0.25) is 0 Å². The molecule has 17 heavy (non-hydrogen) atoms. The SMILES string of the molecule is CCC(c1cnc(C)[nH]1)c1cccc(F)c1F. The Bertz CT molecular complexity index is 520. The Labute approximate surface area is 98.7 Å². The Morgan fingerprint density at radius 1 is 1.35 bits per heavy atom. The zero-order valence-corrected chi connectivity index (χ0v) is 9.80. The van der Waals surface area contributed by atoms with Gasteiger partial charge in [-0.05, 0) is 25.0 Å². The van der Waals surface area contributed by atoms with Gasteiger partial charge in [0.2, 0.25) is 0 Å². The van der Waals surface area contributed by atoms with E-state index in [1.807, 2.05) is 13.8 Å². The molecule has 0 aliphatic carbocycles. The number of rotatable bonds is 3. The molecule has 1 atom stereocenters. The van der Waals surface area contributed by atoms with Crippen molar-refractivity contribution in [3.63, 3.8) is 0 Å². The van der Waals surface area contributed by atoms with Crippen LogP contribution in [0.4, 0.5) is 8.78 Å². The van der Waals surface area contributed by atoms with Gasteiger partial charge in [0.25, 0.3) is 0 Å². The predicted octanol–water partition coefficient (Wildman–Crippen LogP) is 3.54. The molecule has 0 saturated heterocycles. The van der Waals surface area contributed by atoms with Gasteiger partial charge >= 0.3 is 0 Å². The highest BCUT2D eigenvalue weighted by molar-refractivity contribution is 5.29. The first-order valence-corrected chi connectivity index (χ1v) is 5.59. The first kappa shape index (κ1) is 11.8. The number of halogens is 2. The number of imidazole rings is 1. The van der Waals surface area contributed by atoms with Crippen LogP contribution in [-0.2, 0) is 0 Å². The fraction of sp³-hybridized carbons (Fsp3) is 0.308. The van der Waals surface area contributed by atoms with Gasteiger partial charge in [-0.1, -0.05) is 19.1 Å². The molecule has 1 unspecified atom stereocenters. The van der Waals surface area contributed by atoms with Crippen LogP contribution in [0.1, 0.15) is 36.3 Å². The summed E-state index contributed by atoms with van der Waals surface area (Å²) >= 11 is 0. The van der Waals surface area contributed by atoms with E-state index in [4.69, 9.17) is 0 Å². The molecule has 2 aromatic rings. The second kappa shape index (κ2) is 4.65. The van der Waals surface area contributed by atoms with E-state index in [1.54, 1.807) is 12.3 Å². The first-order chi connectivity index (χ1) is 8.13. The normalized spacial score (nSPS) is 12.7. The summed E-state index contributed by atoms with van der Waals surface area (Å²) < 4.78 is 26.9. The van der Waals surface area contributed by atoms with Crippen LogP contribution in [0, 0.1) is 18.6 Å². The van der Waals surface area contributed by atoms with Gasteiger partial charge in [0, 0.05) is 17.8 Å². The van der Waals surface area contributed by atoms with E-state index in [9.17, 15) is 8.78 Å². The summed E-state index contributed by atoms with van der Waals surface area (Å²) in [6.07, 6.45) is 2.36. The predicted molar refractivity (Wildman–Crippen MR) is 61.8 cm³/mol. The third kappa shape index (κ3) is 2.20. The number of nitrogens with zero attached hydrogens (tertiary/aromatic N) is 1. The van der Waals surface area contributed by atoms with Crippen LogP contribution >= 0.6 is 0 Å². The van der Waals surface area contributed by atoms with Crippen molar-refractivity contribution in [1.29, 1.82) is 0 Å². The van der Waals surface area contributed by atoms with Crippen molar-refractivity contribution in [2.45, 2.75) is 26.2 Å². The zero-order chi connectivity index (χ0) is 12.4. The van der Waals surface area contributed by atoms with Gasteiger partial charge in [0.1, 0.15) is 5.82 Å². The monoisotopic (exact) mass is 236 g/mol. The maximum Gasteiger partial charge on any atom is 0.162 e. The van der Waals surface area contributed by atoms with Crippen LogP contribution < -0.4 is 0 Å². The lowest BCUT2D eigenvalue weighted by Crippen LogP contribution is -2.04. The Morgan fingerprint density at radius 2 is 2.12 bits per heavy atom. The molecule has 0 spiro atoms. The molecule has 4 heteroatoms. The number of aromatic nitrogens is 2. The van der Waals surface area contributed by atoms with Crippen molar-refractivity contribution >= 4 is 0 Å². The highest BCUT2D eigenvalue weighted by atomic mass is 19.2. The highest BCUT2D eigenvalue weighted by Crippen LogP contribution is 2.29. The van der Waals surface area contributed by atoms with Crippen LogP contribution in [0.3, 0.4) is 0 Å². The summed E-state index contributed by atoms with van der Waals surface area (Å²) in [6, 6.07) is 4.27. The molecular formula is C13H14F2N2. The van der Waals surface area contributed by atoms with E-state index < -0.39 is 11.6 Å².